The number of hydrogen-bond donors (Lipinski definition) is 1. The third-order valence-electron chi connectivity index (χ3n) is 6.22. The minimum Gasteiger partial charge on any atom is -0.355 e. The number of nitrogens with zero attached hydrogens (tertiary/aromatic N) is 2. The van der Waals surface area contributed by atoms with Crippen LogP contribution in [0.3, 0.4) is 0 Å². The van der Waals surface area contributed by atoms with Gasteiger partial charge in [-0.05, 0) is 75.7 Å². The topological polar surface area (TPSA) is 86.8 Å². The van der Waals surface area contributed by atoms with Crippen molar-refractivity contribution in [3.8, 4) is 0 Å². The summed E-state index contributed by atoms with van der Waals surface area (Å²) in [4.78, 5) is 28.1. The van der Waals surface area contributed by atoms with Gasteiger partial charge in [0, 0.05) is 33.7 Å². The molecule has 0 aliphatic heterocycles. The summed E-state index contributed by atoms with van der Waals surface area (Å²) in [5.74, 6) is -1.01. The van der Waals surface area contributed by atoms with Crippen molar-refractivity contribution in [2.75, 3.05) is 17.4 Å². The fraction of sp³-hybridized carbons (Fsp3) is 0.286. The van der Waals surface area contributed by atoms with Gasteiger partial charge in [0.15, 0.2) is 0 Å². The largest absolute Gasteiger partial charge is 0.355 e. The number of likely N-dealkylation sites (N-methyl/N-ethyl adjacent to an activating group) is 1. The molecule has 2 amide bonds. The fourth-order valence-corrected chi connectivity index (χ4v) is 6.23. The number of rotatable bonds is 10. The molecule has 3 aromatic rings. The molecular formula is C28H30Cl3N3O4S. The van der Waals surface area contributed by atoms with E-state index in [0.29, 0.717) is 32.7 Å². The van der Waals surface area contributed by atoms with Crippen LogP contribution in [0, 0.1) is 13.8 Å². The average molecular weight is 611 g/mol. The van der Waals surface area contributed by atoms with Crippen molar-refractivity contribution >= 4 is 62.3 Å². The SMILES string of the molecule is CCNC(=O)[C@H](C)N(Cc1c(Cl)cccc1Cl)C(=O)CN(c1ccc(Cl)cc1C)S(=O)(=O)c1ccc(C)cc1. The van der Waals surface area contributed by atoms with Crippen molar-refractivity contribution in [3.63, 3.8) is 0 Å². The van der Waals surface area contributed by atoms with E-state index in [9.17, 15) is 18.0 Å². The molecule has 0 aliphatic carbocycles. The summed E-state index contributed by atoms with van der Waals surface area (Å²) < 4.78 is 28.9. The number of hydrogen-bond acceptors (Lipinski definition) is 4. The van der Waals surface area contributed by atoms with Gasteiger partial charge in [-0.3, -0.25) is 13.9 Å². The van der Waals surface area contributed by atoms with Crippen LogP contribution in [0.15, 0.2) is 65.6 Å². The first-order valence-corrected chi connectivity index (χ1v) is 14.8. The summed E-state index contributed by atoms with van der Waals surface area (Å²) in [5, 5.41) is 3.78. The number of aryl methyl sites for hydroxylation is 2. The Kier molecular flexibility index (Phi) is 10.3. The summed E-state index contributed by atoms with van der Waals surface area (Å²) in [7, 11) is -4.19. The molecule has 0 unspecified atom stereocenters. The molecule has 208 valence electrons. The zero-order valence-corrected chi connectivity index (χ0v) is 25.1. The summed E-state index contributed by atoms with van der Waals surface area (Å²) in [6.07, 6.45) is 0. The van der Waals surface area contributed by atoms with E-state index in [0.717, 1.165) is 9.87 Å². The van der Waals surface area contributed by atoms with Crippen LogP contribution in [0.5, 0.6) is 0 Å². The van der Waals surface area contributed by atoms with Crippen LogP contribution in [0.25, 0.3) is 0 Å². The molecular weight excluding hydrogens is 581 g/mol. The number of carbonyl (C=O) groups is 2. The summed E-state index contributed by atoms with van der Waals surface area (Å²) in [5.41, 5.74) is 2.18. The second-order valence-corrected chi connectivity index (χ2v) is 12.2. The maximum absolute atomic E-state index is 13.9. The fourth-order valence-electron chi connectivity index (χ4n) is 4.01. The number of sulfonamides is 1. The standard InChI is InChI=1S/C28H30Cl3N3O4S/c1-5-32-28(36)20(4)33(16-23-24(30)7-6-8-25(23)31)27(35)17-34(26-14-11-21(29)15-19(26)3)39(37,38)22-12-9-18(2)10-13-22/h6-15,20H,5,16-17H2,1-4H3,(H,32,36)/t20-/m0/s1. The first-order valence-electron chi connectivity index (χ1n) is 12.2. The Morgan fingerprint density at radius 3 is 2.13 bits per heavy atom. The molecule has 39 heavy (non-hydrogen) atoms. The third-order valence-corrected chi connectivity index (χ3v) is 8.94. The Balaban J connectivity index is 2.10. The number of anilines is 1. The van der Waals surface area contributed by atoms with Crippen molar-refractivity contribution < 1.29 is 18.0 Å². The number of benzene rings is 3. The molecule has 0 saturated carbocycles. The van der Waals surface area contributed by atoms with Crippen molar-refractivity contribution in [1.29, 1.82) is 0 Å². The maximum Gasteiger partial charge on any atom is 0.264 e. The highest BCUT2D eigenvalue weighted by Crippen LogP contribution is 2.31. The van der Waals surface area contributed by atoms with Crippen LogP contribution in [0.1, 0.15) is 30.5 Å². The first-order chi connectivity index (χ1) is 18.4. The normalized spacial score (nSPS) is 12.1. The van der Waals surface area contributed by atoms with Gasteiger partial charge in [-0.1, -0.05) is 58.6 Å². The summed E-state index contributed by atoms with van der Waals surface area (Å²) in [6, 6.07) is 15.1. The number of amides is 2. The molecule has 0 bridgehead atoms. The van der Waals surface area contributed by atoms with Crippen LogP contribution in [0.4, 0.5) is 5.69 Å². The lowest BCUT2D eigenvalue weighted by Gasteiger charge is -2.32. The second-order valence-electron chi connectivity index (χ2n) is 9.05. The van der Waals surface area contributed by atoms with E-state index in [2.05, 4.69) is 5.32 Å². The van der Waals surface area contributed by atoms with Crippen LogP contribution < -0.4 is 9.62 Å². The Bertz CT molecular complexity index is 1440. The highest BCUT2D eigenvalue weighted by atomic mass is 35.5. The Morgan fingerprint density at radius 2 is 1.56 bits per heavy atom. The number of halogens is 3. The third kappa shape index (κ3) is 7.25. The molecule has 1 N–H and O–H groups in total. The maximum atomic E-state index is 13.9. The number of carbonyl (C=O) groups excluding carboxylic acids is 2. The molecule has 0 fully saturated rings. The van der Waals surface area contributed by atoms with Crippen LogP contribution in [-0.4, -0.2) is 44.3 Å². The van der Waals surface area contributed by atoms with Crippen LogP contribution in [0.2, 0.25) is 15.1 Å². The number of nitrogens with one attached hydrogen (secondary N) is 1. The second kappa shape index (κ2) is 13.0. The molecule has 7 nitrogen and oxygen atoms in total. The first kappa shape index (κ1) is 30.8. The van der Waals surface area contributed by atoms with Crippen molar-refractivity contribution in [2.45, 2.75) is 45.2 Å². The molecule has 0 heterocycles. The molecule has 0 aliphatic rings. The highest BCUT2D eigenvalue weighted by Gasteiger charge is 2.33. The Labute approximate surface area is 244 Å². The summed E-state index contributed by atoms with van der Waals surface area (Å²) >= 11 is 18.9. The van der Waals surface area contributed by atoms with Gasteiger partial charge in [-0.25, -0.2) is 8.42 Å². The van der Waals surface area contributed by atoms with E-state index in [1.54, 1.807) is 69.3 Å². The van der Waals surface area contributed by atoms with Crippen LogP contribution in [-0.2, 0) is 26.2 Å². The Morgan fingerprint density at radius 1 is 0.949 bits per heavy atom. The Hall–Kier alpha value is -2.78. The molecule has 0 radical (unpaired) electrons. The van der Waals surface area contributed by atoms with Crippen molar-refractivity contribution in [2.24, 2.45) is 0 Å². The van der Waals surface area contributed by atoms with Gasteiger partial charge in [-0.2, -0.15) is 0 Å². The lowest BCUT2D eigenvalue weighted by atomic mass is 10.1. The average Bonchev–Trinajstić information content (AvgIpc) is 2.87. The van der Waals surface area contributed by atoms with E-state index >= 15 is 0 Å². The van der Waals surface area contributed by atoms with Gasteiger partial charge in [0.05, 0.1) is 10.6 Å². The predicted molar refractivity (Wildman–Crippen MR) is 157 cm³/mol. The molecule has 0 spiro atoms. The minimum atomic E-state index is -4.19. The molecule has 0 saturated heterocycles. The van der Waals surface area contributed by atoms with Gasteiger partial charge in [0.1, 0.15) is 12.6 Å². The van der Waals surface area contributed by atoms with E-state index in [1.807, 2.05) is 6.92 Å². The smallest absolute Gasteiger partial charge is 0.264 e. The highest BCUT2D eigenvalue weighted by molar-refractivity contribution is 7.92. The molecule has 11 heteroatoms. The van der Waals surface area contributed by atoms with Gasteiger partial charge in [0.2, 0.25) is 11.8 Å². The zero-order chi connectivity index (χ0) is 28.9. The van der Waals surface area contributed by atoms with Crippen molar-refractivity contribution in [3.05, 3.63) is 92.4 Å². The molecule has 1 atom stereocenters. The summed E-state index contributed by atoms with van der Waals surface area (Å²) in [6.45, 7) is 6.57. The molecule has 3 rings (SSSR count). The van der Waals surface area contributed by atoms with Gasteiger partial charge < -0.3 is 10.2 Å². The van der Waals surface area contributed by atoms with Crippen LogP contribution >= 0.6 is 34.8 Å². The van der Waals surface area contributed by atoms with E-state index in [1.165, 1.54) is 17.0 Å². The zero-order valence-electron chi connectivity index (χ0n) is 22.0. The molecule has 3 aromatic carbocycles. The van der Waals surface area contributed by atoms with E-state index in [4.69, 9.17) is 34.8 Å². The lowest BCUT2D eigenvalue weighted by molar-refractivity contribution is -0.139. The quantitative estimate of drug-likeness (QED) is 0.305. The minimum absolute atomic E-state index is 0.0210. The molecule has 0 aromatic heterocycles. The van der Waals surface area contributed by atoms with Gasteiger partial charge >= 0.3 is 0 Å². The lowest BCUT2D eigenvalue weighted by Crippen LogP contribution is -2.51. The van der Waals surface area contributed by atoms with Crippen molar-refractivity contribution in [1.82, 2.24) is 10.2 Å². The monoisotopic (exact) mass is 609 g/mol. The van der Waals surface area contributed by atoms with Gasteiger partial charge in [-0.15, -0.1) is 0 Å². The van der Waals surface area contributed by atoms with E-state index < -0.39 is 34.4 Å². The van der Waals surface area contributed by atoms with E-state index in [-0.39, 0.29) is 17.1 Å². The predicted octanol–water partition coefficient (Wildman–Crippen LogP) is 6.01. The van der Waals surface area contributed by atoms with Gasteiger partial charge in [0.25, 0.3) is 10.0 Å².